The lowest BCUT2D eigenvalue weighted by atomic mass is 10.3. The second-order valence-electron chi connectivity index (χ2n) is 5.05. The Bertz CT molecular complexity index is 1070. The average Bonchev–Trinajstić information content (AvgIpc) is 3.02. The van der Waals surface area contributed by atoms with E-state index in [9.17, 15) is 4.79 Å². The van der Waals surface area contributed by atoms with Crippen molar-refractivity contribution in [3.63, 3.8) is 0 Å². The van der Waals surface area contributed by atoms with Gasteiger partial charge in [0.15, 0.2) is 0 Å². The Kier molecular flexibility index (Phi) is 3.59. The fourth-order valence-corrected chi connectivity index (χ4v) is 4.29. The van der Waals surface area contributed by atoms with Gasteiger partial charge in [0.2, 0.25) is 0 Å². The summed E-state index contributed by atoms with van der Waals surface area (Å²) in [5.41, 5.74) is 3.23. The van der Waals surface area contributed by atoms with E-state index in [2.05, 4.69) is 15.0 Å². The molecule has 4 aromatic heterocycles. The summed E-state index contributed by atoms with van der Waals surface area (Å²) in [6.07, 6.45) is 1.57. The van der Waals surface area contributed by atoms with Crippen LogP contribution in [0.3, 0.4) is 0 Å². The van der Waals surface area contributed by atoms with Crippen LogP contribution in [-0.2, 0) is 5.75 Å². The van der Waals surface area contributed by atoms with Crippen LogP contribution in [0.15, 0.2) is 51.9 Å². The Morgan fingerprint density at radius 1 is 1.26 bits per heavy atom. The van der Waals surface area contributed by atoms with Crippen LogP contribution in [0.2, 0.25) is 0 Å². The second kappa shape index (κ2) is 5.75. The molecule has 0 spiro atoms. The van der Waals surface area contributed by atoms with E-state index >= 15 is 0 Å². The predicted molar refractivity (Wildman–Crippen MR) is 93.2 cm³/mol. The first-order valence-electron chi connectivity index (χ1n) is 7.02. The summed E-state index contributed by atoms with van der Waals surface area (Å²) >= 11 is 3.20. The highest BCUT2D eigenvalue weighted by Gasteiger charge is 2.08. The predicted octanol–water partition coefficient (Wildman–Crippen LogP) is 3.30. The molecule has 0 aliphatic rings. The number of aromatic nitrogens is 4. The molecule has 4 aromatic rings. The highest BCUT2D eigenvalue weighted by Crippen LogP contribution is 2.30. The van der Waals surface area contributed by atoms with Crippen molar-refractivity contribution in [2.75, 3.05) is 0 Å². The van der Waals surface area contributed by atoms with Crippen LogP contribution in [-0.4, -0.2) is 19.4 Å². The quantitative estimate of drug-likeness (QED) is 0.423. The van der Waals surface area contributed by atoms with E-state index in [1.807, 2.05) is 36.6 Å². The molecule has 0 atom stereocenters. The maximum atomic E-state index is 12.3. The standard InChI is InChI=1S/C16H12N4OS2/c1-10-3-2-4-13-19-11(7-14(21)20(10)13)8-23-16-15-12(5-6-22-15)17-9-18-16/h2-7,9H,8H2,1H3. The number of hydrogen-bond acceptors (Lipinski definition) is 6. The highest BCUT2D eigenvalue weighted by molar-refractivity contribution is 7.98. The topological polar surface area (TPSA) is 60.2 Å². The fraction of sp³-hybridized carbons (Fsp3) is 0.125. The molecule has 0 fully saturated rings. The lowest BCUT2D eigenvalue weighted by molar-refractivity contribution is 0.968. The third-order valence-corrected chi connectivity index (χ3v) is 5.56. The second-order valence-corrected chi connectivity index (χ2v) is 6.93. The first-order valence-corrected chi connectivity index (χ1v) is 8.88. The molecule has 0 saturated carbocycles. The van der Waals surface area contributed by atoms with Gasteiger partial charge in [-0.1, -0.05) is 17.8 Å². The van der Waals surface area contributed by atoms with E-state index in [0.29, 0.717) is 11.4 Å². The molecule has 0 unspecified atom stereocenters. The monoisotopic (exact) mass is 340 g/mol. The van der Waals surface area contributed by atoms with E-state index in [1.165, 1.54) is 0 Å². The summed E-state index contributed by atoms with van der Waals surface area (Å²) in [5, 5.41) is 2.93. The minimum Gasteiger partial charge on any atom is -0.269 e. The molecule has 114 valence electrons. The number of fused-ring (bicyclic) bond motifs is 2. The molecule has 0 bridgehead atoms. The summed E-state index contributed by atoms with van der Waals surface area (Å²) in [6.45, 7) is 1.90. The van der Waals surface area contributed by atoms with Crippen molar-refractivity contribution in [3.8, 4) is 0 Å². The highest BCUT2D eigenvalue weighted by atomic mass is 32.2. The molecule has 7 heteroatoms. The van der Waals surface area contributed by atoms with Gasteiger partial charge in [0.05, 0.1) is 15.9 Å². The van der Waals surface area contributed by atoms with E-state index < -0.39 is 0 Å². The molecule has 0 aliphatic carbocycles. The number of thiophene rings is 1. The Morgan fingerprint density at radius 3 is 3.09 bits per heavy atom. The molecule has 4 rings (SSSR count). The van der Waals surface area contributed by atoms with Gasteiger partial charge < -0.3 is 0 Å². The molecular weight excluding hydrogens is 328 g/mol. The largest absolute Gasteiger partial charge is 0.269 e. The summed E-state index contributed by atoms with van der Waals surface area (Å²) in [7, 11) is 0. The molecule has 0 N–H and O–H groups in total. The summed E-state index contributed by atoms with van der Waals surface area (Å²) in [4.78, 5) is 25.5. The Balaban J connectivity index is 1.68. The van der Waals surface area contributed by atoms with Crippen LogP contribution in [0.5, 0.6) is 0 Å². The van der Waals surface area contributed by atoms with Gasteiger partial charge >= 0.3 is 0 Å². The van der Waals surface area contributed by atoms with E-state index in [4.69, 9.17) is 0 Å². The molecule has 0 aromatic carbocycles. The van der Waals surface area contributed by atoms with Gasteiger partial charge in [-0.2, -0.15) is 0 Å². The number of hydrogen-bond donors (Lipinski definition) is 0. The van der Waals surface area contributed by atoms with Gasteiger partial charge in [-0.25, -0.2) is 15.0 Å². The third kappa shape index (κ3) is 2.62. The van der Waals surface area contributed by atoms with Crippen molar-refractivity contribution in [1.29, 1.82) is 0 Å². The summed E-state index contributed by atoms with van der Waals surface area (Å²) in [6, 6.07) is 9.24. The summed E-state index contributed by atoms with van der Waals surface area (Å²) in [5.74, 6) is 0.601. The lowest BCUT2D eigenvalue weighted by Crippen LogP contribution is -2.17. The number of pyridine rings is 1. The zero-order valence-electron chi connectivity index (χ0n) is 12.3. The van der Waals surface area contributed by atoms with Crippen LogP contribution >= 0.6 is 23.1 Å². The number of aryl methyl sites for hydroxylation is 1. The van der Waals surface area contributed by atoms with Gasteiger partial charge in [-0.3, -0.25) is 9.20 Å². The van der Waals surface area contributed by atoms with Crippen LogP contribution < -0.4 is 5.56 Å². The number of thioether (sulfide) groups is 1. The van der Waals surface area contributed by atoms with Crippen LogP contribution in [0.4, 0.5) is 0 Å². The van der Waals surface area contributed by atoms with Gasteiger partial charge in [0.25, 0.3) is 5.56 Å². The molecule has 0 radical (unpaired) electrons. The lowest BCUT2D eigenvalue weighted by Gasteiger charge is -2.06. The average molecular weight is 340 g/mol. The summed E-state index contributed by atoms with van der Waals surface area (Å²) < 4.78 is 2.70. The van der Waals surface area contributed by atoms with Crippen molar-refractivity contribution in [2.45, 2.75) is 17.7 Å². The van der Waals surface area contributed by atoms with Crippen molar-refractivity contribution in [2.24, 2.45) is 0 Å². The molecule has 4 heterocycles. The maximum absolute atomic E-state index is 12.3. The molecule has 0 amide bonds. The van der Waals surface area contributed by atoms with Crippen molar-refractivity contribution in [3.05, 3.63) is 63.8 Å². The normalized spacial score (nSPS) is 11.3. The molecular formula is C16H12N4OS2. The minimum atomic E-state index is -0.0485. The van der Waals surface area contributed by atoms with Crippen molar-refractivity contribution < 1.29 is 0 Å². The van der Waals surface area contributed by atoms with E-state index in [1.54, 1.807) is 39.9 Å². The van der Waals surface area contributed by atoms with Gasteiger partial charge in [0, 0.05) is 17.5 Å². The third-order valence-electron chi connectivity index (χ3n) is 3.50. The first-order chi connectivity index (χ1) is 11.2. The molecule has 23 heavy (non-hydrogen) atoms. The fourth-order valence-electron chi connectivity index (χ4n) is 2.45. The first kappa shape index (κ1) is 14.3. The SMILES string of the molecule is Cc1cccc2nc(CSc3ncnc4ccsc34)cc(=O)n12. The van der Waals surface area contributed by atoms with Crippen LogP contribution in [0, 0.1) is 6.92 Å². The maximum Gasteiger partial charge on any atom is 0.258 e. The Hall–Kier alpha value is -2.25. The van der Waals surface area contributed by atoms with Gasteiger partial charge in [-0.15, -0.1) is 11.3 Å². The zero-order valence-corrected chi connectivity index (χ0v) is 13.9. The minimum absolute atomic E-state index is 0.0485. The van der Waals surface area contributed by atoms with Crippen LogP contribution in [0.25, 0.3) is 15.9 Å². The van der Waals surface area contributed by atoms with Crippen LogP contribution in [0.1, 0.15) is 11.4 Å². The van der Waals surface area contributed by atoms with E-state index in [0.717, 1.165) is 26.6 Å². The molecule has 0 aliphatic heterocycles. The Morgan fingerprint density at radius 2 is 2.17 bits per heavy atom. The molecule has 5 nitrogen and oxygen atoms in total. The van der Waals surface area contributed by atoms with E-state index in [-0.39, 0.29) is 5.56 Å². The van der Waals surface area contributed by atoms with Crippen molar-refractivity contribution in [1.82, 2.24) is 19.4 Å². The van der Waals surface area contributed by atoms with Gasteiger partial charge in [0.1, 0.15) is 17.0 Å². The molecule has 0 saturated heterocycles. The number of rotatable bonds is 3. The van der Waals surface area contributed by atoms with Crippen molar-refractivity contribution >= 4 is 39.0 Å². The zero-order chi connectivity index (χ0) is 15.8. The Labute approximate surface area is 140 Å². The smallest absolute Gasteiger partial charge is 0.258 e. The number of nitrogens with zero attached hydrogens (tertiary/aromatic N) is 4. The van der Waals surface area contributed by atoms with Gasteiger partial charge in [-0.05, 0) is 30.5 Å².